The van der Waals surface area contributed by atoms with E-state index in [9.17, 15) is 24.6 Å². The number of anilines is 1. The lowest BCUT2D eigenvalue weighted by Gasteiger charge is -2.42. The van der Waals surface area contributed by atoms with E-state index in [1.54, 1.807) is 24.9 Å². The van der Waals surface area contributed by atoms with Crippen molar-refractivity contribution in [2.75, 3.05) is 51.1 Å². The zero-order valence-electron chi connectivity index (χ0n) is 26.8. The Morgan fingerprint density at radius 3 is 2.39 bits per heavy atom. The lowest BCUT2D eigenvalue weighted by molar-refractivity contribution is -0.142. The number of piperidine rings is 3. The highest BCUT2D eigenvalue weighted by Crippen LogP contribution is 2.26. The van der Waals surface area contributed by atoms with Crippen LogP contribution in [0.3, 0.4) is 0 Å². The third-order valence-corrected chi connectivity index (χ3v) is 10.2. The van der Waals surface area contributed by atoms with Gasteiger partial charge in [0.25, 0.3) is 5.91 Å². The number of β-amino-alcohol motifs (C(OH)–C–C–N with tert-alkyl or cyclic N) is 1. The molecular weight excluding hydrogens is 585 g/mol. The van der Waals surface area contributed by atoms with E-state index in [1.807, 2.05) is 40.1 Å². The second kappa shape index (κ2) is 14.3. The largest absolute Gasteiger partial charge is 0.509 e. The molecule has 0 aliphatic carbocycles. The molecule has 0 radical (unpaired) electrons. The predicted octanol–water partition coefficient (Wildman–Crippen LogP) is 1.70. The van der Waals surface area contributed by atoms with Crippen LogP contribution in [-0.2, 0) is 22.4 Å². The Morgan fingerprint density at radius 2 is 1.65 bits per heavy atom. The van der Waals surface area contributed by atoms with Crippen molar-refractivity contribution in [3.63, 3.8) is 0 Å². The van der Waals surface area contributed by atoms with Crippen molar-refractivity contribution >= 4 is 37.0 Å². The number of urea groups is 1. The van der Waals surface area contributed by atoms with Crippen molar-refractivity contribution in [1.82, 2.24) is 19.6 Å². The number of aliphatic hydroxyl groups excluding tert-OH is 1. The van der Waals surface area contributed by atoms with Gasteiger partial charge in [0.05, 0.1) is 6.10 Å². The number of aliphatic hydroxyl groups is 1. The lowest BCUT2D eigenvalue weighted by atomic mass is 9.91. The molecule has 4 aliphatic rings. The summed E-state index contributed by atoms with van der Waals surface area (Å²) in [6.45, 7) is 4.31. The number of carbonyl (C=O) groups excluding carboxylic acids is 3. The maximum Gasteiger partial charge on any atom is 0.410 e. The highest BCUT2D eigenvalue weighted by atomic mass is 16.6. The molecule has 4 heterocycles. The number of para-hydroxylation sites is 1. The van der Waals surface area contributed by atoms with E-state index in [1.165, 1.54) is 0 Å². The third-order valence-electron chi connectivity index (χ3n) is 10.2. The fourth-order valence-corrected chi connectivity index (χ4v) is 7.50. The maximum atomic E-state index is 13.9. The molecule has 0 saturated carbocycles. The highest BCUT2D eigenvalue weighted by Gasteiger charge is 2.36. The Balaban J connectivity index is 1.07. The van der Waals surface area contributed by atoms with Crippen LogP contribution < -0.4 is 10.8 Å². The second-order valence-corrected chi connectivity index (χ2v) is 13.3. The molecule has 46 heavy (non-hydrogen) atoms. The quantitative estimate of drug-likeness (QED) is 0.415. The van der Waals surface area contributed by atoms with Crippen molar-refractivity contribution < 1.29 is 29.3 Å². The van der Waals surface area contributed by atoms with Gasteiger partial charge in [-0.3, -0.25) is 9.69 Å². The number of ether oxygens (including phenoxy) is 1. The fourth-order valence-electron chi connectivity index (χ4n) is 7.50. The molecule has 246 valence electrons. The van der Waals surface area contributed by atoms with Crippen molar-refractivity contribution in [2.24, 2.45) is 0 Å². The monoisotopic (exact) mass is 631 g/mol. The van der Waals surface area contributed by atoms with Crippen LogP contribution in [0.25, 0.3) is 0 Å². The number of phenolic OH excluding ortho intramolecular Hbond substituents is 1. The van der Waals surface area contributed by atoms with E-state index in [0.717, 1.165) is 55.5 Å². The maximum absolute atomic E-state index is 13.9. The summed E-state index contributed by atoms with van der Waals surface area (Å²) in [4.78, 5) is 48.2. The molecule has 2 aromatic rings. The van der Waals surface area contributed by atoms with Crippen LogP contribution in [0.2, 0.25) is 0 Å². The predicted molar refractivity (Wildman–Crippen MR) is 177 cm³/mol. The number of likely N-dealkylation sites (tertiary alicyclic amines) is 3. The summed E-state index contributed by atoms with van der Waals surface area (Å²) in [5.74, 6) is -0.0229. The molecule has 0 spiro atoms. The first-order valence-electron chi connectivity index (χ1n) is 16.9. The molecule has 2 aromatic carbocycles. The molecule has 4 aliphatic heterocycles. The number of nitrogens with one attached hydrogen (secondary N) is 1. The number of hydrogen-bond donors (Lipinski definition) is 3. The summed E-state index contributed by atoms with van der Waals surface area (Å²) < 4.78 is 6.00. The van der Waals surface area contributed by atoms with Crippen LogP contribution in [-0.4, -0.2) is 126 Å². The van der Waals surface area contributed by atoms with Crippen LogP contribution in [0.5, 0.6) is 5.75 Å². The number of hydrogen-bond acceptors (Lipinski definition) is 7. The molecule has 4 amide bonds. The summed E-state index contributed by atoms with van der Waals surface area (Å²) >= 11 is 0. The molecule has 0 bridgehead atoms. The number of amides is 4. The van der Waals surface area contributed by atoms with E-state index in [4.69, 9.17) is 4.74 Å². The molecule has 11 nitrogen and oxygen atoms in total. The van der Waals surface area contributed by atoms with Gasteiger partial charge in [-0.2, -0.15) is 0 Å². The topological polar surface area (TPSA) is 126 Å². The molecular formula is C34H46BN5O6. The third kappa shape index (κ3) is 7.44. The van der Waals surface area contributed by atoms with Crippen molar-refractivity contribution in [3.05, 3.63) is 53.6 Å². The minimum atomic E-state index is -0.989. The second-order valence-electron chi connectivity index (χ2n) is 13.3. The van der Waals surface area contributed by atoms with E-state index in [0.29, 0.717) is 63.6 Å². The van der Waals surface area contributed by atoms with E-state index in [2.05, 4.69) is 10.2 Å². The highest BCUT2D eigenvalue weighted by molar-refractivity contribution is 6.34. The summed E-state index contributed by atoms with van der Waals surface area (Å²) in [6.07, 6.45) is 3.94. The Kier molecular flexibility index (Phi) is 10.0. The molecule has 0 unspecified atom stereocenters. The number of nitrogens with zero attached hydrogens (tertiary/aromatic N) is 4. The fraction of sp³-hybridized carbons (Fsp3) is 0.559. The number of carbonyl (C=O) groups is 3. The number of rotatable bonds is 6. The summed E-state index contributed by atoms with van der Waals surface area (Å²) in [5.41, 5.74) is 3.48. The standard InChI is InChI=1S/C34H46BN5O6/c35-28-20-23(7-8-30(28)42)21-31(32(43)37-15-10-25(11-16-37)39-14-3-5-27(41)22-39)46-34(45)38-17-12-26(13-18-38)40-19-9-24-4-1-2-6-29(24)36-33(40)44/h1-2,4,6-8,20,25-27,31,41-42H,3,5,9-19,21-22,35H2,(H,36,44)/t27-,31-/m1/s1. The zero-order chi connectivity index (χ0) is 32.2. The van der Waals surface area contributed by atoms with Gasteiger partial charge in [0.15, 0.2) is 6.10 Å². The van der Waals surface area contributed by atoms with E-state index >= 15 is 0 Å². The van der Waals surface area contributed by atoms with Gasteiger partial charge >= 0.3 is 12.1 Å². The van der Waals surface area contributed by atoms with Crippen molar-refractivity contribution in [1.29, 1.82) is 0 Å². The summed E-state index contributed by atoms with van der Waals surface area (Å²) in [5, 5.41) is 23.2. The van der Waals surface area contributed by atoms with Crippen molar-refractivity contribution in [3.8, 4) is 5.75 Å². The van der Waals surface area contributed by atoms with Gasteiger partial charge in [0, 0.05) is 63.5 Å². The number of phenols is 1. The molecule has 3 saturated heterocycles. The molecule has 3 fully saturated rings. The van der Waals surface area contributed by atoms with Crippen LogP contribution >= 0.6 is 0 Å². The first-order valence-corrected chi connectivity index (χ1v) is 16.9. The van der Waals surface area contributed by atoms with Crippen LogP contribution in [0.15, 0.2) is 42.5 Å². The summed E-state index contributed by atoms with van der Waals surface area (Å²) in [6, 6.07) is 13.3. The van der Waals surface area contributed by atoms with Crippen LogP contribution in [0, 0.1) is 0 Å². The van der Waals surface area contributed by atoms with Gasteiger partial charge in [-0.1, -0.05) is 30.3 Å². The van der Waals surface area contributed by atoms with Gasteiger partial charge in [-0.05, 0) is 80.2 Å². The average Bonchev–Trinajstić information content (AvgIpc) is 3.24. The minimum absolute atomic E-state index is 0.0121. The normalized spacial score (nSPS) is 22.5. The van der Waals surface area contributed by atoms with Crippen LogP contribution in [0.1, 0.15) is 49.7 Å². The minimum Gasteiger partial charge on any atom is -0.509 e. The SMILES string of the molecule is Bc1cc(C[C@@H](OC(=O)N2CCC(N3CCc4ccccc4NC3=O)CC2)C(=O)N2CCC(N3CCC[C@@H](O)C3)CC2)ccc1O. The lowest BCUT2D eigenvalue weighted by Crippen LogP contribution is -2.53. The smallest absolute Gasteiger partial charge is 0.410 e. The first-order chi connectivity index (χ1) is 22.2. The van der Waals surface area contributed by atoms with Crippen molar-refractivity contribution in [2.45, 2.75) is 75.7 Å². The van der Waals surface area contributed by atoms with Gasteiger partial charge < -0.3 is 35.0 Å². The van der Waals surface area contributed by atoms with Gasteiger partial charge in [-0.25, -0.2) is 9.59 Å². The molecule has 3 N–H and O–H groups in total. The van der Waals surface area contributed by atoms with Gasteiger partial charge in [0.1, 0.15) is 13.6 Å². The van der Waals surface area contributed by atoms with Gasteiger partial charge in [0.2, 0.25) is 0 Å². The molecule has 6 rings (SSSR count). The summed E-state index contributed by atoms with van der Waals surface area (Å²) in [7, 11) is 1.80. The van der Waals surface area contributed by atoms with Gasteiger partial charge in [-0.15, -0.1) is 0 Å². The average molecular weight is 632 g/mol. The number of benzene rings is 2. The Labute approximate surface area is 271 Å². The number of fused-ring (bicyclic) bond motifs is 1. The van der Waals surface area contributed by atoms with E-state index < -0.39 is 12.2 Å². The first kappa shape index (κ1) is 32.2. The molecule has 0 aromatic heterocycles. The zero-order valence-corrected chi connectivity index (χ0v) is 26.8. The Morgan fingerprint density at radius 1 is 0.935 bits per heavy atom. The van der Waals surface area contributed by atoms with Crippen LogP contribution in [0.4, 0.5) is 15.3 Å². The Hall–Kier alpha value is -3.77. The molecule has 2 atom stereocenters. The Bertz CT molecular complexity index is 1410. The van der Waals surface area contributed by atoms with E-state index in [-0.39, 0.29) is 36.3 Å². The number of aromatic hydroxyl groups is 1. The molecule has 12 heteroatoms.